The van der Waals surface area contributed by atoms with Gasteiger partial charge in [-0.3, -0.25) is 0 Å². The Hall–Kier alpha value is -2.72. The topological polar surface area (TPSA) is 29.0 Å². The van der Waals surface area contributed by atoms with Gasteiger partial charge in [0.25, 0.3) is 0 Å². The molecule has 1 aromatic heterocycles. The molecule has 4 heteroatoms. The first kappa shape index (κ1) is 15.8. The number of rotatable bonds is 3. The summed E-state index contributed by atoms with van der Waals surface area (Å²) in [6.45, 7) is 2.13. The van der Waals surface area contributed by atoms with Gasteiger partial charge in [0.2, 0.25) is 0 Å². The highest BCUT2D eigenvalue weighted by atomic mass is 32.1. The molecular weight excluding hydrogens is 326 g/mol. The molecule has 124 valence electrons. The van der Waals surface area contributed by atoms with Crippen molar-refractivity contribution >= 4 is 28.4 Å². The van der Waals surface area contributed by atoms with Crippen molar-refractivity contribution in [1.29, 1.82) is 0 Å². The number of anilines is 1. The summed E-state index contributed by atoms with van der Waals surface area (Å²) in [5, 5.41) is 0. The number of aromatic nitrogens is 2. The Morgan fingerprint density at radius 3 is 2.04 bits per heavy atom. The van der Waals surface area contributed by atoms with Crippen LogP contribution in [-0.2, 0) is 0 Å². The van der Waals surface area contributed by atoms with E-state index in [0.29, 0.717) is 0 Å². The minimum absolute atomic E-state index is 0.975. The van der Waals surface area contributed by atoms with Gasteiger partial charge in [-0.25, -0.2) is 0 Å². The molecule has 0 saturated heterocycles. The van der Waals surface area contributed by atoms with E-state index in [4.69, 9.17) is 0 Å². The molecule has 3 nitrogen and oxygen atoms in total. The molecule has 4 aromatic rings. The molecule has 25 heavy (non-hydrogen) atoms. The molecule has 0 saturated carbocycles. The van der Waals surface area contributed by atoms with Crippen LogP contribution >= 0.6 is 11.7 Å². The molecule has 0 fully saturated rings. The third-order valence-corrected chi connectivity index (χ3v) is 5.07. The molecule has 0 atom stereocenters. The maximum absolute atomic E-state index is 4.59. The van der Waals surface area contributed by atoms with Crippen LogP contribution in [0.5, 0.6) is 0 Å². The number of benzene rings is 3. The summed E-state index contributed by atoms with van der Waals surface area (Å²) in [6.07, 6.45) is 0. The summed E-state index contributed by atoms with van der Waals surface area (Å²) >= 11 is 1.28. The Balaban J connectivity index is 1.87. The lowest BCUT2D eigenvalue weighted by molar-refractivity contribution is 1.13. The van der Waals surface area contributed by atoms with Crippen molar-refractivity contribution < 1.29 is 0 Å². The summed E-state index contributed by atoms with van der Waals surface area (Å²) < 4.78 is 9.18. The van der Waals surface area contributed by atoms with Crippen LogP contribution in [0.1, 0.15) is 5.56 Å². The largest absolute Gasteiger partial charge is 0.378 e. The van der Waals surface area contributed by atoms with Gasteiger partial charge < -0.3 is 4.90 Å². The third-order valence-electron chi connectivity index (χ3n) is 4.55. The normalized spacial score (nSPS) is 11.0. The van der Waals surface area contributed by atoms with Gasteiger partial charge in [0.15, 0.2) is 0 Å². The number of hydrogen-bond acceptors (Lipinski definition) is 4. The van der Waals surface area contributed by atoms with E-state index in [-0.39, 0.29) is 0 Å². The fraction of sp³-hybridized carbons (Fsp3) is 0.143. The zero-order valence-corrected chi connectivity index (χ0v) is 15.3. The molecule has 0 radical (unpaired) electrons. The first-order chi connectivity index (χ1) is 12.1. The summed E-state index contributed by atoms with van der Waals surface area (Å²) in [4.78, 5) is 2.10. The molecule has 0 N–H and O–H groups in total. The minimum Gasteiger partial charge on any atom is -0.378 e. The summed E-state index contributed by atoms with van der Waals surface area (Å²) in [5.41, 5.74) is 9.06. The first-order valence-corrected chi connectivity index (χ1v) is 8.97. The maximum atomic E-state index is 4.59. The van der Waals surface area contributed by atoms with E-state index >= 15 is 0 Å². The second-order valence-corrected chi connectivity index (χ2v) is 6.91. The van der Waals surface area contributed by atoms with Crippen molar-refractivity contribution in [2.75, 3.05) is 19.0 Å². The van der Waals surface area contributed by atoms with E-state index in [2.05, 4.69) is 95.3 Å². The Bertz CT molecular complexity index is 1030. The van der Waals surface area contributed by atoms with Crippen LogP contribution in [-0.4, -0.2) is 22.8 Å². The van der Waals surface area contributed by atoms with Crippen LogP contribution in [0, 0.1) is 6.92 Å². The summed E-state index contributed by atoms with van der Waals surface area (Å²) in [7, 11) is 4.10. The number of fused-ring (bicyclic) bond motifs is 1. The molecule has 0 spiro atoms. The third kappa shape index (κ3) is 2.79. The van der Waals surface area contributed by atoms with E-state index in [1.165, 1.54) is 34.1 Å². The number of nitrogens with zero attached hydrogens (tertiary/aromatic N) is 3. The van der Waals surface area contributed by atoms with Crippen LogP contribution in [0.4, 0.5) is 5.69 Å². The zero-order valence-electron chi connectivity index (χ0n) is 14.5. The Morgan fingerprint density at radius 2 is 1.36 bits per heavy atom. The van der Waals surface area contributed by atoms with Gasteiger partial charge in [0, 0.05) is 30.9 Å². The molecule has 1 heterocycles. The molecule has 4 rings (SSSR count). The molecule has 0 aliphatic heterocycles. The van der Waals surface area contributed by atoms with Gasteiger partial charge in [-0.2, -0.15) is 8.75 Å². The lowest BCUT2D eigenvalue weighted by atomic mass is 9.95. The molecule has 0 aliphatic rings. The zero-order chi connectivity index (χ0) is 17.4. The van der Waals surface area contributed by atoms with E-state index < -0.39 is 0 Å². The molecular formula is C21H19N3S. The molecule has 0 bridgehead atoms. The quantitative estimate of drug-likeness (QED) is 0.498. The second-order valence-electron chi connectivity index (χ2n) is 6.38. The van der Waals surface area contributed by atoms with Crippen molar-refractivity contribution in [2.45, 2.75) is 6.92 Å². The number of hydrogen-bond donors (Lipinski definition) is 0. The van der Waals surface area contributed by atoms with Crippen LogP contribution in [0.25, 0.3) is 33.3 Å². The van der Waals surface area contributed by atoms with Crippen LogP contribution < -0.4 is 4.90 Å². The van der Waals surface area contributed by atoms with Gasteiger partial charge in [-0.1, -0.05) is 48.5 Å². The molecule has 0 unspecified atom stereocenters. The van der Waals surface area contributed by atoms with Crippen molar-refractivity contribution in [1.82, 2.24) is 8.75 Å². The maximum Gasteiger partial charge on any atom is 0.113 e. The standard InChI is InChI=1S/C21H19N3S/c1-14-6-4-5-7-17(14)19-13-12-18(20-21(19)23-25-22-20)15-8-10-16(11-9-15)24(2)3/h4-13H,1-3H3. The summed E-state index contributed by atoms with van der Waals surface area (Å²) in [6, 6.07) is 21.3. The average molecular weight is 345 g/mol. The number of aryl methyl sites for hydroxylation is 1. The Kier molecular flexibility index (Phi) is 3.98. The Labute approximate surface area is 151 Å². The van der Waals surface area contributed by atoms with Gasteiger partial charge in [-0.05, 0) is 35.7 Å². The predicted molar refractivity (Wildman–Crippen MR) is 107 cm³/mol. The Morgan fingerprint density at radius 1 is 0.720 bits per heavy atom. The van der Waals surface area contributed by atoms with E-state index in [1.807, 2.05) is 0 Å². The van der Waals surface area contributed by atoms with Crippen LogP contribution in [0.2, 0.25) is 0 Å². The van der Waals surface area contributed by atoms with E-state index in [1.54, 1.807) is 0 Å². The highest BCUT2D eigenvalue weighted by Gasteiger charge is 2.14. The van der Waals surface area contributed by atoms with Crippen molar-refractivity contribution in [3.63, 3.8) is 0 Å². The van der Waals surface area contributed by atoms with Crippen molar-refractivity contribution in [3.05, 3.63) is 66.2 Å². The lowest BCUT2D eigenvalue weighted by Gasteiger charge is -2.13. The highest BCUT2D eigenvalue weighted by molar-refractivity contribution is 7.00. The van der Waals surface area contributed by atoms with Crippen molar-refractivity contribution in [3.8, 4) is 22.3 Å². The fourth-order valence-corrected chi connectivity index (χ4v) is 3.70. The van der Waals surface area contributed by atoms with Gasteiger partial charge in [-0.15, -0.1) is 0 Å². The monoisotopic (exact) mass is 345 g/mol. The SMILES string of the molecule is Cc1ccccc1-c1ccc(-c2ccc(N(C)C)cc2)c2nsnc12. The molecule has 0 aliphatic carbocycles. The fourth-order valence-electron chi connectivity index (χ4n) is 3.13. The first-order valence-electron chi connectivity index (χ1n) is 8.24. The lowest BCUT2D eigenvalue weighted by Crippen LogP contribution is -2.07. The minimum atomic E-state index is 0.975. The van der Waals surface area contributed by atoms with Gasteiger partial charge >= 0.3 is 0 Å². The summed E-state index contributed by atoms with van der Waals surface area (Å²) in [5.74, 6) is 0. The van der Waals surface area contributed by atoms with Gasteiger partial charge in [0.1, 0.15) is 11.0 Å². The highest BCUT2D eigenvalue weighted by Crippen LogP contribution is 2.36. The molecule has 0 amide bonds. The van der Waals surface area contributed by atoms with Gasteiger partial charge in [0.05, 0.1) is 11.7 Å². The molecule has 3 aromatic carbocycles. The second kappa shape index (κ2) is 6.30. The van der Waals surface area contributed by atoms with Crippen molar-refractivity contribution in [2.24, 2.45) is 0 Å². The average Bonchev–Trinajstić information content (AvgIpc) is 3.11. The smallest absolute Gasteiger partial charge is 0.113 e. The van der Waals surface area contributed by atoms with Crippen LogP contribution in [0.3, 0.4) is 0 Å². The van der Waals surface area contributed by atoms with E-state index in [0.717, 1.165) is 22.2 Å². The van der Waals surface area contributed by atoms with E-state index in [9.17, 15) is 0 Å². The van der Waals surface area contributed by atoms with Crippen LogP contribution in [0.15, 0.2) is 60.7 Å². The predicted octanol–water partition coefficient (Wildman–Crippen LogP) is 5.40.